The van der Waals surface area contributed by atoms with Crippen LogP contribution in [0.4, 0.5) is 0 Å². The summed E-state index contributed by atoms with van der Waals surface area (Å²) in [6.45, 7) is 3.04. The molecule has 3 heterocycles. The highest BCUT2D eigenvalue weighted by molar-refractivity contribution is 6.02. The number of phenolic OH excluding ortho intramolecular Hbond substituents is 1. The average molecular weight is 526 g/mol. The van der Waals surface area contributed by atoms with Crippen molar-refractivity contribution in [2.45, 2.75) is 26.2 Å². The van der Waals surface area contributed by atoms with Crippen LogP contribution in [0.3, 0.4) is 0 Å². The number of hydrogen-bond donors (Lipinski definition) is 3. The number of amides is 3. The summed E-state index contributed by atoms with van der Waals surface area (Å²) in [4.78, 5) is 40.8. The third kappa shape index (κ3) is 5.93. The summed E-state index contributed by atoms with van der Waals surface area (Å²) in [6, 6.07) is 16.2. The van der Waals surface area contributed by atoms with Gasteiger partial charge in [0.2, 0.25) is 5.91 Å². The molecule has 1 aliphatic heterocycles. The number of phenols is 1. The minimum atomic E-state index is -0.262. The first-order valence-corrected chi connectivity index (χ1v) is 13.1. The van der Waals surface area contributed by atoms with E-state index in [0.29, 0.717) is 61.1 Å². The molecule has 200 valence electrons. The van der Waals surface area contributed by atoms with E-state index in [2.05, 4.69) is 15.7 Å². The second-order valence-corrected chi connectivity index (χ2v) is 9.82. The maximum atomic E-state index is 13.5. The zero-order valence-electron chi connectivity index (χ0n) is 21.8. The lowest BCUT2D eigenvalue weighted by molar-refractivity contribution is -0.121. The number of carbonyl (C=O) groups is 3. The number of nitrogens with zero attached hydrogens (tertiary/aromatic N) is 3. The van der Waals surface area contributed by atoms with Gasteiger partial charge in [0.25, 0.3) is 11.8 Å². The van der Waals surface area contributed by atoms with Crippen LogP contribution in [0, 0.1) is 6.92 Å². The van der Waals surface area contributed by atoms with E-state index in [0.717, 1.165) is 16.7 Å². The van der Waals surface area contributed by atoms with Gasteiger partial charge in [0.15, 0.2) is 0 Å². The van der Waals surface area contributed by atoms with E-state index in [1.54, 1.807) is 33.7 Å². The van der Waals surface area contributed by atoms with Crippen LogP contribution in [0.2, 0.25) is 0 Å². The normalized spacial score (nSPS) is 15.3. The minimum absolute atomic E-state index is 0.0835. The third-order valence-electron chi connectivity index (χ3n) is 6.89. The fourth-order valence-corrected chi connectivity index (χ4v) is 4.78. The van der Waals surface area contributed by atoms with Crippen molar-refractivity contribution >= 4 is 23.2 Å². The quantitative estimate of drug-likeness (QED) is 0.353. The first kappa shape index (κ1) is 26.0. The lowest BCUT2D eigenvalue weighted by Gasteiger charge is -2.22. The van der Waals surface area contributed by atoms with Gasteiger partial charge in [-0.05, 0) is 73.2 Å². The number of nitrogens with one attached hydrogen (secondary N) is 2. The molecule has 0 unspecified atom stereocenters. The summed E-state index contributed by atoms with van der Waals surface area (Å²) >= 11 is 0. The van der Waals surface area contributed by atoms with Crippen LogP contribution in [0.15, 0.2) is 67.0 Å². The SMILES string of the molecule is Cc1ccc2c(C(=O)N3CCCCNC(=O)c4cccc(c4)-c4cc(ccc4O)CCNC(=O)C3)cnn2c1. The van der Waals surface area contributed by atoms with E-state index < -0.39 is 0 Å². The van der Waals surface area contributed by atoms with Gasteiger partial charge in [-0.3, -0.25) is 14.4 Å². The molecule has 0 fully saturated rings. The number of benzene rings is 2. The van der Waals surface area contributed by atoms with Crippen LogP contribution in [-0.2, 0) is 11.2 Å². The molecule has 0 saturated carbocycles. The van der Waals surface area contributed by atoms with E-state index in [1.165, 1.54) is 6.20 Å². The van der Waals surface area contributed by atoms with Crippen LogP contribution >= 0.6 is 0 Å². The monoisotopic (exact) mass is 525 g/mol. The number of hydrogen-bond acceptors (Lipinski definition) is 5. The molecule has 9 nitrogen and oxygen atoms in total. The highest BCUT2D eigenvalue weighted by Gasteiger charge is 2.22. The minimum Gasteiger partial charge on any atom is -0.507 e. The molecule has 0 spiro atoms. The highest BCUT2D eigenvalue weighted by atomic mass is 16.3. The maximum Gasteiger partial charge on any atom is 0.258 e. The topological polar surface area (TPSA) is 116 Å². The van der Waals surface area contributed by atoms with E-state index >= 15 is 0 Å². The molecular weight excluding hydrogens is 494 g/mol. The smallest absolute Gasteiger partial charge is 0.258 e. The zero-order chi connectivity index (χ0) is 27.4. The third-order valence-corrected chi connectivity index (χ3v) is 6.89. The van der Waals surface area contributed by atoms with Crippen molar-refractivity contribution in [2.24, 2.45) is 0 Å². The molecule has 0 radical (unpaired) electrons. The van der Waals surface area contributed by atoms with E-state index in [-0.39, 0.29) is 30.0 Å². The van der Waals surface area contributed by atoms with Gasteiger partial charge in [-0.15, -0.1) is 0 Å². The number of aryl methyl sites for hydroxylation is 1. The second kappa shape index (κ2) is 11.4. The number of aromatic nitrogens is 2. The number of pyridine rings is 1. The highest BCUT2D eigenvalue weighted by Crippen LogP contribution is 2.31. The first-order valence-electron chi connectivity index (χ1n) is 13.1. The van der Waals surface area contributed by atoms with Gasteiger partial charge < -0.3 is 20.6 Å². The molecule has 4 bridgehead atoms. The second-order valence-electron chi connectivity index (χ2n) is 9.82. The largest absolute Gasteiger partial charge is 0.507 e. The Morgan fingerprint density at radius 3 is 2.69 bits per heavy atom. The molecule has 0 saturated heterocycles. The predicted molar refractivity (Wildman–Crippen MR) is 148 cm³/mol. The summed E-state index contributed by atoms with van der Waals surface area (Å²) in [5.41, 5.74) is 4.94. The number of aromatic hydroxyl groups is 1. The number of fused-ring (bicyclic) bond motifs is 6. The molecule has 4 aromatic rings. The predicted octanol–water partition coefficient (Wildman–Crippen LogP) is 3.34. The summed E-state index contributed by atoms with van der Waals surface area (Å²) in [7, 11) is 0. The van der Waals surface area contributed by atoms with Crippen LogP contribution in [0.5, 0.6) is 5.75 Å². The van der Waals surface area contributed by atoms with E-state index in [4.69, 9.17) is 0 Å². The molecule has 3 N–H and O–H groups in total. The maximum absolute atomic E-state index is 13.5. The molecule has 9 heteroatoms. The van der Waals surface area contributed by atoms with E-state index in [1.807, 2.05) is 43.5 Å². The van der Waals surface area contributed by atoms with Crippen molar-refractivity contribution in [1.82, 2.24) is 25.1 Å². The molecule has 1 aliphatic rings. The van der Waals surface area contributed by atoms with Crippen molar-refractivity contribution < 1.29 is 19.5 Å². The Kier molecular flexibility index (Phi) is 7.58. The summed E-state index contributed by atoms with van der Waals surface area (Å²) < 4.78 is 1.67. The Bertz CT molecular complexity index is 1540. The lowest BCUT2D eigenvalue weighted by atomic mass is 9.98. The Balaban J connectivity index is 1.38. The average Bonchev–Trinajstić information content (AvgIpc) is 3.35. The zero-order valence-corrected chi connectivity index (χ0v) is 21.8. The molecule has 2 aromatic heterocycles. The van der Waals surface area contributed by atoms with Crippen LogP contribution in [0.1, 0.15) is 44.7 Å². The number of carbonyl (C=O) groups excluding carboxylic acids is 3. The molecule has 2 aromatic carbocycles. The Labute approximate surface area is 226 Å². The van der Waals surface area contributed by atoms with Crippen molar-refractivity contribution in [3.63, 3.8) is 0 Å². The lowest BCUT2D eigenvalue weighted by Crippen LogP contribution is -2.42. The summed E-state index contributed by atoms with van der Waals surface area (Å²) in [6.07, 6.45) is 5.17. The van der Waals surface area contributed by atoms with E-state index in [9.17, 15) is 19.5 Å². The fraction of sp³-hybridized carbons (Fsp3) is 0.267. The molecule has 0 aliphatic carbocycles. The van der Waals surface area contributed by atoms with Gasteiger partial charge >= 0.3 is 0 Å². The van der Waals surface area contributed by atoms with Crippen LogP contribution in [0.25, 0.3) is 16.6 Å². The van der Waals surface area contributed by atoms with Gasteiger partial charge in [0.1, 0.15) is 5.75 Å². The van der Waals surface area contributed by atoms with Crippen LogP contribution in [-0.4, -0.2) is 63.5 Å². The summed E-state index contributed by atoms with van der Waals surface area (Å²) in [5, 5.41) is 20.6. The van der Waals surface area contributed by atoms with Gasteiger partial charge in [-0.1, -0.05) is 24.3 Å². The van der Waals surface area contributed by atoms with Crippen molar-refractivity contribution in [2.75, 3.05) is 26.2 Å². The molecule has 39 heavy (non-hydrogen) atoms. The first-order chi connectivity index (χ1) is 18.9. The fourth-order valence-electron chi connectivity index (χ4n) is 4.78. The van der Waals surface area contributed by atoms with Crippen molar-refractivity contribution in [1.29, 1.82) is 0 Å². The number of rotatable bonds is 1. The Morgan fingerprint density at radius 2 is 1.82 bits per heavy atom. The van der Waals surface area contributed by atoms with Gasteiger partial charge in [0, 0.05) is 37.0 Å². The molecular formula is C30H31N5O4. The van der Waals surface area contributed by atoms with Crippen molar-refractivity contribution in [3.8, 4) is 16.9 Å². The Hall–Kier alpha value is -4.66. The standard InChI is InChI=1S/C30H31N5O4/c1-20-7-9-26-25(17-33-35(26)18-20)30(39)34-14-3-2-12-32-29(38)23-6-4-5-22(16-23)24-15-21(8-10-27(24)36)11-13-31-28(37)19-34/h4-10,15-18,36H,2-3,11-14,19H2,1H3,(H,31,37)(H,32,38). The van der Waals surface area contributed by atoms with Crippen molar-refractivity contribution in [3.05, 3.63) is 89.2 Å². The van der Waals surface area contributed by atoms with Gasteiger partial charge in [-0.2, -0.15) is 5.10 Å². The molecule has 0 atom stereocenters. The van der Waals surface area contributed by atoms with Gasteiger partial charge in [-0.25, -0.2) is 4.52 Å². The Morgan fingerprint density at radius 1 is 0.974 bits per heavy atom. The van der Waals surface area contributed by atoms with Crippen LogP contribution < -0.4 is 10.6 Å². The van der Waals surface area contributed by atoms with Gasteiger partial charge in [0.05, 0.1) is 23.8 Å². The molecule has 3 amide bonds. The molecule has 5 rings (SSSR count). The summed E-state index contributed by atoms with van der Waals surface area (Å²) in [5.74, 6) is -0.603.